The minimum atomic E-state index is -1.50. The Morgan fingerprint density at radius 2 is 1.85 bits per heavy atom. The van der Waals surface area contributed by atoms with E-state index < -0.39 is 11.6 Å². The lowest BCUT2D eigenvalue weighted by atomic mass is 9.87. The molecule has 1 nitrogen and oxygen atoms in total. The Bertz CT molecular complexity index is 274. The summed E-state index contributed by atoms with van der Waals surface area (Å²) in [5.74, 6) is -0.673. The number of benzene rings is 1. The van der Waals surface area contributed by atoms with Crippen LogP contribution in [0.15, 0.2) is 30.3 Å². The highest BCUT2D eigenvalue weighted by Gasteiger charge is 2.29. The molecule has 0 spiro atoms. The van der Waals surface area contributed by atoms with Crippen molar-refractivity contribution in [1.29, 1.82) is 0 Å². The molecule has 1 aromatic carbocycles. The highest BCUT2D eigenvalue weighted by molar-refractivity contribution is 5.64. The van der Waals surface area contributed by atoms with E-state index in [1.54, 1.807) is 24.3 Å². The van der Waals surface area contributed by atoms with Gasteiger partial charge in [0.05, 0.1) is 5.92 Å². The van der Waals surface area contributed by atoms with Gasteiger partial charge in [0.1, 0.15) is 12.0 Å². The van der Waals surface area contributed by atoms with Gasteiger partial charge in [-0.15, -0.1) is 0 Å². The highest BCUT2D eigenvalue weighted by Crippen LogP contribution is 2.28. The summed E-state index contributed by atoms with van der Waals surface area (Å²) >= 11 is 0. The van der Waals surface area contributed by atoms with Gasteiger partial charge in [0.2, 0.25) is 0 Å². The van der Waals surface area contributed by atoms with E-state index in [0.717, 1.165) is 5.56 Å². The lowest BCUT2D eigenvalue weighted by Crippen LogP contribution is -2.24. The van der Waals surface area contributed by atoms with Gasteiger partial charge >= 0.3 is 0 Å². The maximum absolute atomic E-state index is 13.5. The third kappa shape index (κ3) is 2.38. The maximum Gasteiger partial charge on any atom is 0.130 e. The number of carbonyl (C=O) groups excluding carboxylic acids is 1. The molecule has 1 unspecified atom stereocenters. The summed E-state index contributed by atoms with van der Waals surface area (Å²) < 4.78 is 13.5. The number of carbonyl (C=O) groups is 1. The van der Waals surface area contributed by atoms with Crippen molar-refractivity contribution in [2.45, 2.75) is 25.4 Å². The van der Waals surface area contributed by atoms with Crippen LogP contribution in [0.4, 0.5) is 4.39 Å². The topological polar surface area (TPSA) is 17.1 Å². The van der Waals surface area contributed by atoms with Gasteiger partial charge < -0.3 is 4.79 Å². The molecule has 0 saturated heterocycles. The zero-order chi connectivity index (χ0) is 9.90. The van der Waals surface area contributed by atoms with Crippen LogP contribution in [0.25, 0.3) is 0 Å². The minimum Gasteiger partial charge on any atom is -0.303 e. The Morgan fingerprint density at radius 1 is 1.31 bits per heavy atom. The van der Waals surface area contributed by atoms with Crippen LogP contribution in [-0.2, 0) is 4.79 Å². The summed E-state index contributed by atoms with van der Waals surface area (Å²) in [7, 11) is 0. The summed E-state index contributed by atoms with van der Waals surface area (Å²) in [6, 6.07) is 8.98. The van der Waals surface area contributed by atoms with Crippen molar-refractivity contribution in [3.63, 3.8) is 0 Å². The molecule has 70 valence electrons. The molecule has 0 amide bonds. The summed E-state index contributed by atoms with van der Waals surface area (Å²) in [6.45, 7) is 2.83. The number of hydrogen-bond donors (Lipinski definition) is 0. The van der Waals surface area contributed by atoms with Crippen molar-refractivity contribution < 1.29 is 9.18 Å². The summed E-state index contributed by atoms with van der Waals surface area (Å²) in [4.78, 5) is 10.7. The molecule has 0 aromatic heterocycles. The second-order valence-electron chi connectivity index (χ2n) is 3.59. The number of rotatable bonds is 3. The molecule has 1 aromatic rings. The van der Waals surface area contributed by atoms with Gasteiger partial charge in [0, 0.05) is 0 Å². The highest BCUT2D eigenvalue weighted by atomic mass is 19.1. The number of alkyl halides is 1. The average Bonchev–Trinajstić information content (AvgIpc) is 2.05. The van der Waals surface area contributed by atoms with Crippen LogP contribution in [-0.4, -0.2) is 12.0 Å². The van der Waals surface area contributed by atoms with Crippen molar-refractivity contribution in [2.75, 3.05) is 0 Å². The molecule has 0 fully saturated rings. The van der Waals surface area contributed by atoms with Gasteiger partial charge in [-0.1, -0.05) is 30.3 Å². The average molecular weight is 180 g/mol. The minimum absolute atomic E-state index is 0.662. The first kappa shape index (κ1) is 9.90. The first-order valence-electron chi connectivity index (χ1n) is 4.25. The second-order valence-corrected chi connectivity index (χ2v) is 3.59. The van der Waals surface area contributed by atoms with Crippen molar-refractivity contribution in [3.05, 3.63) is 35.9 Å². The van der Waals surface area contributed by atoms with Crippen molar-refractivity contribution in [1.82, 2.24) is 0 Å². The Labute approximate surface area is 77.6 Å². The molecule has 0 aliphatic rings. The largest absolute Gasteiger partial charge is 0.303 e. The van der Waals surface area contributed by atoms with Gasteiger partial charge in [-0.3, -0.25) is 0 Å². The van der Waals surface area contributed by atoms with Crippen LogP contribution in [0.5, 0.6) is 0 Å². The van der Waals surface area contributed by atoms with Crippen LogP contribution in [0.1, 0.15) is 25.3 Å². The van der Waals surface area contributed by atoms with E-state index in [1.807, 2.05) is 6.07 Å². The molecule has 0 aliphatic heterocycles. The van der Waals surface area contributed by atoms with Crippen LogP contribution in [0.3, 0.4) is 0 Å². The molecule has 0 heterocycles. The Balaban J connectivity index is 2.99. The van der Waals surface area contributed by atoms with Gasteiger partial charge in [0.15, 0.2) is 0 Å². The second kappa shape index (κ2) is 3.69. The monoisotopic (exact) mass is 180 g/mol. The fraction of sp³-hybridized carbons (Fsp3) is 0.364. The van der Waals surface area contributed by atoms with Crippen molar-refractivity contribution in [3.8, 4) is 0 Å². The standard InChI is InChI=1S/C11H13FO/c1-11(2,12)10(8-13)9-6-4-3-5-7-9/h3-8,10H,1-2H3. The first-order valence-corrected chi connectivity index (χ1v) is 4.25. The van der Waals surface area contributed by atoms with Crippen LogP contribution < -0.4 is 0 Å². The van der Waals surface area contributed by atoms with E-state index in [0.29, 0.717) is 6.29 Å². The zero-order valence-electron chi connectivity index (χ0n) is 7.83. The molecule has 0 N–H and O–H groups in total. The SMILES string of the molecule is CC(C)(F)C(C=O)c1ccccc1. The third-order valence-electron chi connectivity index (χ3n) is 2.03. The molecule has 0 aliphatic carbocycles. The molecule has 1 rings (SSSR count). The predicted octanol–water partition coefficient (Wildman–Crippen LogP) is 2.72. The fourth-order valence-electron chi connectivity index (χ4n) is 1.30. The van der Waals surface area contributed by atoms with E-state index in [9.17, 15) is 9.18 Å². The fourth-order valence-corrected chi connectivity index (χ4v) is 1.30. The molecule has 0 radical (unpaired) electrons. The Morgan fingerprint density at radius 3 is 2.23 bits per heavy atom. The number of hydrogen-bond acceptors (Lipinski definition) is 1. The van der Waals surface area contributed by atoms with Gasteiger partial charge in [-0.05, 0) is 19.4 Å². The molecule has 0 bridgehead atoms. The number of halogens is 1. The summed E-state index contributed by atoms with van der Waals surface area (Å²) in [6.07, 6.45) is 0.662. The normalized spacial score (nSPS) is 13.8. The van der Waals surface area contributed by atoms with Gasteiger partial charge in [-0.2, -0.15) is 0 Å². The smallest absolute Gasteiger partial charge is 0.130 e. The van der Waals surface area contributed by atoms with Crippen molar-refractivity contribution in [2.24, 2.45) is 0 Å². The lowest BCUT2D eigenvalue weighted by Gasteiger charge is -2.21. The molecular weight excluding hydrogens is 167 g/mol. The van der Waals surface area contributed by atoms with Gasteiger partial charge in [-0.25, -0.2) is 4.39 Å². The van der Waals surface area contributed by atoms with Crippen LogP contribution in [0.2, 0.25) is 0 Å². The summed E-state index contributed by atoms with van der Waals surface area (Å²) in [5, 5.41) is 0. The van der Waals surface area contributed by atoms with E-state index in [4.69, 9.17) is 0 Å². The summed E-state index contributed by atoms with van der Waals surface area (Å²) in [5.41, 5.74) is -0.770. The lowest BCUT2D eigenvalue weighted by molar-refractivity contribution is -0.111. The molecule has 13 heavy (non-hydrogen) atoms. The Hall–Kier alpha value is -1.18. The van der Waals surface area contributed by atoms with E-state index in [-0.39, 0.29) is 0 Å². The van der Waals surface area contributed by atoms with Gasteiger partial charge in [0.25, 0.3) is 0 Å². The first-order chi connectivity index (χ1) is 6.05. The third-order valence-corrected chi connectivity index (χ3v) is 2.03. The molecule has 0 saturated carbocycles. The Kier molecular flexibility index (Phi) is 2.81. The molecule has 1 atom stereocenters. The van der Waals surface area contributed by atoms with Crippen molar-refractivity contribution >= 4 is 6.29 Å². The van der Waals surface area contributed by atoms with E-state index in [2.05, 4.69) is 0 Å². The molecular formula is C11H13FO. The van der Waals surface area contributed by atoms with Crippen LogP contribution in [0, 0.1) is 0 Å². The van der Waals surface area contributed by atoms with E-state index >= 15 is 0 Å². The zero-order valence-corrected chi connectivity index (χ0v) is 7.83. The van der Waals surface area contributed by atoms with E-state index in [1.165, 1.54) is 13.8 Å². The molecule has 2 heteroatoms. The van der Waals surface area contributed by atoms with Crippen LogP contribution >= 0.6 is 0 Å². The maximum atomic E-state index is 13.5. The quantitative estimate of drug-likeness (QED) is 0.653. The number of aldehydes is 1. The predicted molar refractivity (Wildman–Crippen MR) is 50.4 cm³/mol.